The van der Waals surface area contributed by atoms with Gasteiger partial charge in [0.05, 0.1) is 18.2 Å². The molecule has 2 aromatic carbocycles. The number of hydrogen-bond donors (Lipinski definition) is 2. The number of hydrogen-bond acceptors (Lipinski definition) is 5. The maximum absolute atomic E-state index is 13.3. The Morgan fingerprint density at radius 2 is 2.06 bits per heavy atom. The standard InChI is InChI=1S/C24H27ClFN3O5/c1-16-14-34-21-8-7-17(25)11-20(21)24(32)27-9-2-3-10-29(13-22(30)28-16)23(31)15-33-19-6-4-5-18(26)12-19/h4-8,11-12,16H,2-3,9-10,13-15H2,1H3,(H,27,32)(H,28,30)/t16-/m0/s1. The van der Waals surface area contributed by atoms with Gasteiger partial charge in [-0.05, 0) is 50.1 Å². The summed E-state index contributed by atoms with van der Waals surface area (Å²) in [4.78, 5) is 39.3. The van der Waals surface area contributed by atoms with Gasteiger partial charge in [-0.2, -0.15) is 0 Å². The maximum atomic E-state index is 13.3. The largest absolute Gasteiger partial charge is 0.491 e. The number of rotatable bonds is 3. The molecule has 0 bridgehead atoms. The van der Waals surface area contributed by atoms with Crippen LogP contribution in [-0.4, -0.2) is 61.5 Å². The van der Waals surface area contributed by atoms with Crippen molar-refractivity contribution in [1.29, 1.82) is 0 Å². The first kappa shape index (κ1) is 25.3. The van der Waals surface area contributed by atoms with Gasteiger partial charge in [0.2, 0.25) is 5.91 Å². The number of fused-ring (bicyclic) bond motifs is 1. The second-order valence-corrected chi connectivity index (χ2v) is 8.38. The van der Waals surface area contributed by atoms with Crippen molar-refractivity contribution in [3.05, 3.63) is 58.9 Å². The summed E-state index contributed by atoms with van der Waals surface area (Å²) in [6, 6.07) is 9.88. The van der Waals surface area contributed by atoms with Gasteiger partial charge in [0.25, 0.3) is 11.8 Å². The zero-order valence-corrected chi connectivity index (χ0v) is 19.6. The Labute approximate surface area is 202 Å². The Morgan fingerprint density at radius 1 is 1.24 bits per heavy atom. The van der Waals surface area contributed by atoms with Crippen LogP contribution in [0.1, 0.15) is 30.1 Å². The van der Waals surface area contributed by atoms with E-state index in [-0.39, 0.29) is 43.4 Å². The summed E-state index contributed by atoms with van der Waals surface area (Å²) < 4.78 is 24.5. The monoisotopic (exact) mass is 491 g/mol. The minimum Gasteiger partial charge on any atom is -0.491 e. The summed E-state index contributed by atoms with van der Waals surface area (Å²) in [5, 5.41) is 6.03. The third kappa shape index (κ3) is 7.62. The van der Waals surface area contributed by atoms with Crippen LogP contribution in [0, 0.1) is 5.82 Å². The summed E-state index contributed by atoms with van der Waals surface area (Å²) in [6.07, 6.45) is 1.13. The molecule has 2 aromatic rings. The van der Waals surface area contributed by atoms with Crippen molar-refractivity contribution < 1.29 is 28.2 Å². The van der Waals surface area contributed by atoms with Crippen molar-refractivity contribution in [2.24, 2.45) is 0 Å². The molecule has 10 heteroatoms. The van der Waals surface area contributed by atoms with Crippen molar-refractivity contribution in [3.63, 3.8) is 0 Å². The second-order valence-electron chi connectivity index (χ2n) is 7.94. The average molecular weight is 492 g/mol. The van der Waals surface area contributed by atoms with Crippen molar-refractivity contribution in [3.8, 4) is 11.5 Å². The molecule has 1 atom stereocenters. The Kier molecular flexibility index (Phi) is 9.09. The molecule has 0 saturated carbocycles. The molecule has 1 heterocycles. The van der Waals surface area contributed by atoms with Crippen LogP contribution in [-0.2, 0) is 9.59 Å². The van der Waals surface area contributed by atoms with Crippen LogP contribution in [0.25, 0.3) is 0 Å². The number of carbonyl (C=O) groups is 3. The van der Waals surface area contributed by atoms with Gasteiger partial charge in [0, 0.05) is 24.2 Å². The van der Waals surface area contributed by atoms with E-state index in [1.165, 1.54) is 29.2 Å². The zero-order valence-electron chi connectivity index (χ0n) is 18.8. The van der Waals surface area contributed by atoms with Crippen molar-refractivity contribution in [2.75, 3.05) is 32.8 Å². The lowest BCUT2D eigenvalue weighted by Gasteiger charge is -2.23. The smallest absolute Gasteiger partial charge is 0.260 e. The Bertz CT molecular complexity index is 1040. The van der Waals surface area contributed by atoms with Crippen LogP contribution in [0.15, 0.2) is 42.5 Å². The highest BCUT2D eigenvalue weighted by Gasteiger charge is 2.20. The van der Waals surface area contributed by atoms with E-state index in [0.717, 1.165) is 0 Å². The fourth-order valence-electron chi connectivity index (χ4n) is 3.37. The Morgan fingerprint density at radius 3 is 2.85 bits per heavy atom. The normalized spacial score (nSPS) is 17.9. The molecule has 0 fully saturated rings. The van der Waals surface area contributed by atoms with Crippen LogP contribution in [0.3, 0.4) is 0 Å². The summed E-state index contributed by atoms with van der Waals surface area (Å²) in [7, 11) is 0. The predicted molar refractivity (Wildman–Crippen MR) is 125 cm³/mol. The molecule has 0 unspecified atom stereocenters. The summed E-state index contributed by atoms with van der Waals surface area (Å²) in [6.45, 7) is 2.04. The molecular weight excluding hydrogens is 465 g/mol. The highest BCUT2D eigenvalue weighted by Crippen LogP contribution is 2.23. The van der Waals surface area contributed by atoms with Crippen LogP contribution < -0.4 is 20.1 Å². The van der Waals surface area contributed by atoms with E-state index in [1.807, 2.05) is 0 Å². The van der Waals surface area contributed by atoms with Crippen LogP contribution in [0.5, 0.6) is 11.5 Å². The van der Waals surface area contributed by atoms with Crippen LogP contribution in [0.2, 0.25) is 5.02 Å². The molecule has 182 valence electrons. The van der Waals surface area contributed by atoms with Gasteiger partial charge < -0.3 is 25.0 Å². The Hall–Kier alpha value is -3.33. The summed E-state index contributed by atoms with van der Waals surface area (Å²) >= 11 is 6.04. The molecule has 8 nitrogen and oxygen atoms in total. The van der Waals surface area contributed by atoms with E-state index < -0.39 is 11.7 Å². The molecule has 0 saturated heterocycles. The Balaban J connectivity index is 1.66. The lowest BCUT2D eigenvalue weighted by molar-refractivity contribution is -0.138. The zero-order chi connectivity index (χ0) is 24.5. The van der Waals surface area contributed by atoms with Gasteiger partial charge >= 0.3 is 0 Å². The van der Waals surface area contributed by atoms with Gasteiger partial charge in [-0.1, -0.05) is 17.7 Å². The van der Waals surface area contributed by atoms with Gasteiger partial charge in [0.1, 0.15) is 23.9 Å². The maximum Gasteiger partial charge on any atom is 0.260 e. The molecule has 0 spiro atoms. The molecule has 2 N–H and O–H groups in total. The third-order valence-electron chi connectivity index (χ3n) is 5.07. The van der Waals surface area contributed by atoms with Crippen LogP contribution >= 0.6 is 11.6 Å². The molecule has 1 aliphatic heterocycles. The molecule has 0 aromatic heterocycles. The summed E-state index contributed by atoms with van der Waals surface area (Å²) in [5.74, 6) is -0.954. The third-order valence-corrected chi connectivity index (χ3v) is 5.30. The van der Waals surface area contributed by atoms with Crippen molar-refractivity contribution in [1.82, 2.24) is 15.5 Å². The number of benzene rings is 2. The fourth-order valence-corrected chi connectivity index (χ4v) is 3.54. The van der Waals surface area contributed by atoms with E-state index in [4.69, 9.17) is 21.1 Å². The minimum atomic E-state index is -0.471. The number of carbonyl (C=O) groups excluding carboxylic acids is 3. The molecule has 3 amide bonds. The van der Waals surface area contributed by atoms with E-state index in [2.05, 4.69) is 10.6 Å². The number of nitrogens with zero attached hydrogens (tertiary/aromatic N) is 1. The first-order valence-electron chi connectivity index (χ1n) is 11.0. The topological polar surface area (TPSA) is 97.0 Å². The van der Waals surface area contributed by atoms with E-state index >= 15 is 0 Å². The van der Waals surface area contributed by atoms with E-state index in [1.54, 1.807) is 25.1 Å². The molecule has 34 heavy (non-hydrogen) atoms. The van der Waals surface area contributed by atoms with Gasteiger partial charge in [-0.15, -0.1) is 0 Å². The minimum absolute atomic E-state index is 0.115. The number of amides is 3. The van der Waals surface area contributed by atoms with Crippen molar-refractivity contribution in [2.45, 2.75) is 25.8 Å². The fraction of sp³-hybridized carbons (Fsp3) is 0.375. The predicted octanol–water partition coefficient (Wildman–Crippen LogP) is 2.79. The highest BCUT2D eigenvalue weighted by molar-refractivity contribution is 6.31. The SMILES string of the molecule is C[C@H]1COc2ccc(Cl)cc2C(=O)NCCCCN(C(=O)COc2cccc(F)c2)CC(=O)N1. The quantitative estimate of drug-likeness (QED) is 0.688. The molecule has 3 rings (SSSR count). The average Bonchev–Trinajstić information content (AvgIpc) is 2.80. The van der Waals surface area contributed by atoms with Gasteiger partial charge in [0.15, 0.2) is 6.61 Å². The lowest BCUT2D eigenvalue weighted by atomic mass is 10.2. The van der Waals surface area contributed by atoms with Gasteiger partial charge in [-0.25, -0.2) is 4.39 Å². The number of halogens is 2. The number of ether oxygens (including phenoxy) is 2. The molecular formula is C24H27ClFN3O5. The molecule has 0 radical (unpaired) electrons. The van der Waals surface area contributed by atoms with Crippen LogP contribution in [0.4, 0.5) is 4.39 Å². The molecule has 0 aliphatic carbocycles. The van der Waals surface area contributed by atoms with E-state index in [0.29, 0.717) is 42.3 Å². The summed E-state index contributed by atoms with van der Waals surface area (Å²) in [5.41, 5.74) is 0.312. The van der Waals surface area contributed by atoms with Gasteiger partial charge in [-0.3, -0.25) is 14.4 Å². The highest BCUT2D eigenvalue weighted by atomic mass is 35.5. The second kappa shape index (κ2) is 12.2. The number of nitrogens with one attached hydrogen (secondary N) is 2. The first-order chi connectivity index (χ1) is 16.3. The van der Waals surface area contributed by atoms with Crippen molar-refractivity contribution >= 4 is 29.3 Å². The molecule has 1 aliphatic rings. The van der Waals surface area contributed by atoms with E-state index in [9.17, 15) is 18.8 Å². The first-order valence-corrected chi connectivity index (χ1v) is 11.4. The lowest BCUT2D eigenvalue weighted by Crippen LogP contribution is -2.46.